The Labute approximate surface area is 160 Å². The van der Waals surface area contributed by atoms with Gasteiger partial charge >= 0.3 is 0 Å². The molecule has 9 heteroatoms. The second-order valence-electron chi connectivity index (χ2n) is 7.28. The van der Waals surface area contributed by atoms with E-state index < -0.39 is 10.0 Å². The van der Waals surface area contributed by atoms with E-state index in [0.29, 0.717) is 45.9 Å². The Morgan fingerprint density at radius 1 is 1.04 bits per heavy atom. The van der Waals surface area contributed by atoms with Crippen molar-refractivity contribution in [2.24, 2.45) is 0 Å². The van der Waals surface area contributed by atoms with Crippen LogP contribution in [-0.2, 0) is 19.6 Å². The number of hydrogen-bond donors (Lipinski definition) is 0. The van der Waals surface area contributed by atoms with Gasteiger partial charge in [-0.2, -0.15) is 4.31 Å². The van der Waals surface area contributed by atoms with Crippen LogP contribution >= 0.6 is 0 Å². The molecule has 4 heterocycles. The van der Waals surface area contributed by atoms with Gasteiger partial charge in [0.25, 0.3) is 5.91 Å². The van der Waals surface area contributed by atoms with Gasteiger partial charge in [-0.05, 0) is 37.8 Å². The second-order valence-corrected chi connectivity index (χ2v) is 9.22. The number of hydrogen-bond acceptors (Lipinski definition) is 6. The van der Waals surface area contributed by atoms with Crippen LogP contribution in [0.15, 0.2) is 23.2 Å². The third kappa shape index (κ3) is 3.81. The first-order chi connectivity index (χ1) is 13.1. The number of amides is 1. The predicted octanol–water partition coefficient (Wildman–Crippen LogP) is 0.694. The average molecular weight is 394 g/mol. The monoisotopic (exact) mass is 394 g/mol. The summed E-state index contributed by atoms with van der Waals surface area (Å²) in [5.41, 5.74) is 0. The lowest BCUT2D eigenvalue weighted by Gasteiger charge is -2.36. The number of carbonyl (C=O) groups excluding carboxylic acids is 1. The minimum absolute atomic E-state index is 0.0900. The molecule has 1 atom stereocenters. The molecule has 1 aromatic rings. The van der Waals surface area contributed by atoms with Gasteiger partial charge in [-0.3, -0.25) is 4.79 Å². The number of anilines is 1. The minimum Gasteiger partial charge on any atom is -0.368 e. The lowest BCUT2D eigenvalue weighted by molar-refractivity contribution is -0.141. The molecule has 3 aliphatic rings. The van der Waals surface area contributed by atoms with Crippen LogP contribution in [0.5, 0.6) is 0 Å². The summed E-state index contributed by atoms with van der Waals surface area (Å²) in [6.45, 7) is 4.48. The van der Waals surface area contributed by atoms with Gasteiger partial charge in [0.15, 0.2) is 0 Å². The van der Waals surface area contributed by atoms with Gasteiger partial charge in [-0.1, -0.05) is 0 Å². The van der Waals surface area contributed by atoms with Crippen molar-refractivity contribution in [1.82, 2.24) is 14.2 Å². The molecule has 1 unspecified atom stereocenters. The van der Waals surface area contributed by atoms with E-state index in [1.165, 1.54) is 10.5 Å². The molecule has 3 fully saturated rings. The van der Waals surface area contributed by atoms with Gasteiger partial charge in [0.2, 0.25) is 10.0 Å². The van der Waals surface area contributed by atoms with Gasteiger partial charge in [0.1, 0.15) is 16.8 Å². The maximum Gasteiger partial charge on any atom is 0.251 e. The number of ether oxygens (including phenoxy) is 1. The molecule has 3 aliphatic heterocycles. The fourth-order valence-corrected chi connectivity index (χ4v) is 5.38. The number of piperazine rings is 1. The Kier molecular flexibility index (Phi) is 5.34. The molecule has 1 aromatic heterocycles. The number of aromatic nitrogens is 1. The minimum atomic E-state index is -3.43. The quantitative estimate of drug-likeness (QED) is 0.747. The van der Waals surface area contributed by atoms with E-state index in [-0.39, 0.29) is 16.9 Å². The van der Waals surface area contributed by atoms with Crippen LogP contribution in [0.25, 0.3) is 0 Å². The summed E-state index contributed by atoms with van der Waals surface area (Å²) in [6.07, 6.45) is 4.77. The summed E-state index contributed by atoms with van der Waals surface area (Å²) in [5, 5.41) is 0. The van der Waals surface area contributed by atoms with Gasteiger partial charge in [0.05, 0.1) is 0 Å². The topological polar surface area (TPSA) is 83.0 Å². The third-order valence-electron chi connectivity index (χ3n) is 5.54. The van der Waals surface area contributed by atoms with Crippen LogP contribution in [-0.4, -0.2) is 80.5 Å². The number of rotatable bonds is 4. The predicted molar refractivity (Wildman–Crippen MR) is 100.0 cm³/mol. The van der Waals surface area contributed by atoms with Crippen molar-refractivity contribution in [2.75, 3.05) is 50.8 Å². The first-order valence-electron chi connectivity index (χ1n) is 9.67. The molecule has 0 N–H and O–H groups in total. The van der Waals surface area contributed by atoms with Gasteiger partial charge in [0, 0.05) is 52.1 Å². The van der Waals surface area contributed by atoms with Gasteiger partial charge < -0.3 is 14.5 Å². The number of sulfonamides is 1. The summed E-state index contributed by atoms with van der Waals surface area (Å²) in [5.74, 6) is 0.840. The van der Waals surface area contributed by atoms with E-state index in [1.54, 1.807) is 12.1 Å². The Morgan fingerprint density at radius 3 is 2.37 bits per heavy atom. The van der Waals surface area contributed by atoms with Crippen LogP contribution in [0.1, 0.15) is 25.7 Å². The van der Waals surface area contributed by atoms with Crippen molar-refractivity contribution >= 4 is 21.7 Å². The zero-order chi connectivity index (χ0) is 18.9. The summed E-state index contributed by atoms with van der Waals surface area (Å²) >= 11 is 0. The number of pyridine rings is 1. The zero-order valence-electron chi connectivity index (χ0n) is 15.4. The molecule has 8 nitrogen and oxygen atoms in total. The largest absolute Gasteiger partial charge is 0.368 e. The summed E-state index contributed by atoms with van der Waals surface area (Å²) in [4.78, 5) is 21.0. The van der Waals surface area contributed by atoms with E-state index in [1.807, 2.05) is 4.90 Å². The highest BCUT2D eigenvalue weighted by atomic mass is 32.2. The first kappa shape index (κ1) is 18.6. The highest BCUT2D eigenvalue weighted by Gasteiger charge is 2.31. The van der Waals surface area contributed by atoms with Crippen molar-refractivity contribution in [3.05, 3.63) is 18.3 Å². The molecule has 0 aliphatic carbocycles. The van der Waals surface area contributed by atoms with Gasteiger partial charge in [-0.25, -0.2) is 13.4 Å². The molecule has 4 rings (SSSR count). The van der Waals surface area contributed by atoms with Crippen molar-refractivity contribution < 1.29 is 17.9 Å². The highest BCUT2D eigenvalue weighted by Crippen LogP contribution is 2.23. The van der Waals surface area contributed by atoms with E-state index >= 15 is 0 Å². The van der Waals surface area contributed by atoms with Crippen LogP contribution in [0.4, 0.5) is 5.82 Å². The lowest BCUT2D eigenvalue weighted by atomic mass is 10.2. The number of nitrogens with zero attached hydrogens (tertiary/aromatic N) is 4. The van der Waals surface area contributed by atoms with Crippen LogP contribution in [0, 0.1) is 0 Å². The molecular formula is C18H26N4O4S. The Morgan fingerprint density at radius 2 is 1.78 bits per heavy atom. The van der Waals surface area contributed by atoms with E-state index in [9.17, 15) is 13.2 Å². The molecular weight excluding hydrogens is 368 g/mol. The first-order valence-corrected chi connectivity index (χ1v) is 11.1. The van der Waals surface area contributed by atoms with Crippen LogP contribution < -0.4 is 4.90 Å². The van der Waals surface area contributed by atoms with Crippen LogP contribution in [0.2, 0.25) is 0 Å². The molecule has 0 radical (unpaired) electrons. The van der Waals surface area contributed by atoms with E-state index in [0.717, 1.165) is 31.5 Å². The molecule has 3 saturated heterocycles. The maximum absolute atomic E-state index is 12.6. The Hall–Kier alpha value is -1.71. The SMILES string of the molecule is O=C(C1CCCO1)N1CCN(c2ccc(S(=O)(=O)N3CCCC3)cn2)CC1. The smallest absolute Gasteiger partial charge is 0.251 e. The molecule has 0 bridgehead atoms. The van der Waals surface area contributed by atoms with Crippen LogP contribution in [0.3, 0.4) is 0 Å². The zero-order valence-corrected chi connectivity index (χ0v) is 16.2. The lowest BCUT2D eigenvalue weighted by Crippen LogP contribution is -2.51. The summed E-state index contributed by atoms with van der Waals surface area (Å²) in [6, 6.07) is 3.40. The van der Waals surface area contributed by atoms with Crippen molar-refractivity contribution in [2.45, 2.75) is 36.7 Å². The normalized spacial score (nSPS) is 24.5. The molecule has 0 spiro atoms. The van der Waals surface area contributed by atoms with E-state index in [4.69, 9.17) is 4.74 Å². The molecule has 0 saturated carbocycles. The van der Waals surface area contributed by atoms with Crippen molar-refractivity contribution in [3.63, 3.8) is 0 Å². The fraction of sp³-hybridized carbons (Fsp3) is 0.667. The van der Waals surface area contributed by atoms with Gasteiger partial charge in [-0.15, -0.1) is 0 Å². The van der Waals surface area contributed by atoms with E-state index in [2.05, 4.69) is 9.88 Å². The highest BCUT2D eigenvalue weighted by molar-refractivity contribution is 7.89. The van der Waals surface area contributed by atoms with Crippen molar-refractivity contribution in [3.8, 4) is 0 Å². The Bertz CT molecular complexity index is 763. The summed E-state index contributed by atoms with van der Waals surface area (Å²) < 4.78 is 32.2. The number of carbonyl (C=O) groups is 1. The standard InChI is InChI=1S/C18H26N4O4S/c23-18(16-4-3-13-26-16)21-11-9-20(10-12-21)17-6-5-15(14-19-17)27(24,25)22-7-1-2-8-22/h5-6,14,16H,1-4,7-13H2. The fourth-order valence-electron chi connectivity index (χ4n) is 3.92. The molecule has 0 aromatic carbocycles. The third-order valence-corrected chi connectivity index (χ3v) is 7.43. The Balaban J connectivity index is 1.37. The van der Waals surface area contributed by atoms with Crippen molar-refractivity contribution in [1.29, 1.82) is 0 Å². The average Bonchev–Trinajstić information content (AvgIpc) is 3.42. The maximum atomic E-state index is 12.6. The molecule has 148 valence electrons. The summed E-state index contributed by atoms with van der Waals surface area (Å²) in [7, 11) is -3.43. The molecule has 1 amide bonds. The molecule has 27 heavy (non-hydrogen) atoms. The second kappa shape index (κ2) is 7.73.